The molecule has 1 N–H and O–H groups in total. The fourth-order valence-corrected chi connectivity index (χ4v) is 2.84. The number of aromatic nitrogens is 1. The third-order valence-corrected chi connectivity index (χ3v) is 3.67. The lowest BCUT2D eigenvalue weighted by molar-refractivity contribution is 0.0691. The van der Waals surface area contributed by atoms with E-state index in [0.29, 0.717) is 11.3 Å². The monoisotopic (exact) mass is 295 g/mol. The molecule has 0 fully saturated rings. The number of hydrogen-bond acceptors (Lipinski definition) is 3. The van der Waals surface area contributed by atoms with Gasteiger partial charge in [0.15, 0.2) is 0 Å². The van der Waals surface area contributed by atoms with E-state index in [-0.39, 0.29) is 15.5 Å². The molecule has 0 atom stereocenters. The van der Waals surface area contributed by atoms with Crippen molar-refractivity contribution in [3.8, 4) is 0 Å². The van der Waals surface area contributed by atoms with Gasteiger partial charge in [0.2, 0.25) is 0 Å². The van der Waals surface area contributed by atoms with Crippen molar-refractivity contribution in [3.05, 3.63) is 52.7 Å². The van der Waals surface area contributed by atoms with Crippen LogP contribution in [0.3, 0.4) is 0 Å². The van der Waals surface area contributed by atoms with Gasteiger partial charge >= 0.3 is 5.97 Å². The normalized spacial score (nSPS) is 10.6. The van der Waals surface area contributed by atoms with Crippen LogP contribution >= 0.6 is 11.8 Å². The van der Waals surface area contributed by atoms with Gasteiger partial charge < -0.3 is 5.11 Å². The summed E-state index contributed by atoms with van der Waals surface area (Å²) in [7, 11) is 0. The van der Waals surface area contributed by atoms with Crippen molar-refractivity contribution in [2.24, 2.45) is 0 Å². The molecule has 3 nitrogen and oxygen atoms in total. The number of nitrogens with zero attached hydrogens (tertiary/aromatic N) is 1. The summed E-state index contributed by atoms with van der Waals surface area (Å²) in [6, 6.07) is 4.79. The zero-order chi connectivity index (χ0) is 14.9. The fraction of sp³-hybridized carbons (Fsp3) is 0.143. The molecule has 0 saturated carbocycles. The quantitative estimate of drug-likeness (QED) is 0.935. The van der Waals surface area contributed by atoms with Crippen LogP contribution in [0.4, 0.5) is 8.78 Å². The Morgan fingerprint density at radius 2 is 1.95 bits per heavy atom. The molecule has 0 aliphatic rings. The van der Waals surface area contributed by atoms with Crippen LogP contribution in [0.1, 0.15) is 21.6 Å². The Hall–Kier alpha value is -1.95. The number of rotatable bonds is 3. The third-order valence-electron chi connectivity index (χ3n) is 2.63. The van der Waals surface area contributed by atoms with Crippen molar-refractivity contribution in [3.63, 3.8) is 0 Å². The Bertz CT molecular complexity index is 689. The summed E-state index contributed by atoms with van der Waals surface area (Å²) in [6.07, 6.45) is 0. The van der Waals surface area contributed by atoms with E-state index in [4.69, 9.17) is 0 Å². The number of aryl methyl sites for hydroxylation is 2. The van der Waals surface area contributed by atoms with Crippen LogP contribution in [0.15, 0.2) is 34.2 Å². The van der Waals surface area contributed by atoms with Gasteiger partial charge in [-0.2, -0.15) is 0 Å². The summed E-state index contributed by atoms with van der Waals surface area (Å²) in [6.45, 7) is 3.38. The molecule has 0 unspecified atom stereocenters. The lowest BCUT2D eigenvalue weighted by Gasteiger charge is -2.09. The molecule has 1 aromatic heterocycles. The van der Waals surface area contributed by atoms with Crippen LogP contribution in [0, 0.1) is 25.5 Å². The molecular formula is C14H11F2NO2S. The Labute approximate surface area is 118 Å². The first kappa shape index (κ1) is 14.5. The smallest absolute Gasteiger partial charge is 0.338 e. The Kier molecular flexibility index (Phi) is 4.04. The van der Waals surface area contributed by atoms with Crippen LogP contribution in [0.25, 0.3) is 0 Å². The number of aromatic carboxylic acids is 1. The number of pyridine rings is 1. The Morgan fingerprint density at radius 3 is 2.55 bits per heavy atom. The molecule has 0 spiro atoms. The highest BCUT2D eigenvalue weighted by Crippen LogP contribution is 2.32. The van der Waals surface area contributed by atoms with Crippen molar-refractivity contribution >= 4 is 17.7 Å². The van der Waals surface area contributed by atoms with Gasteiger partial charge in [-0.25, -0.2) is 18.6 Å². The average molecular weight is 295 g/mol. The van der Waals surface area contributed by atoms with Crippen LogP contribution in [0.5, 0.6) is 0 Å². The molecule has 1 aromatic carbocycles. The fourth-order valence-electron chi connectivity index (χ4n) is 1.80. The Morgan fingerprint density at radius 1 is 1.25 bits per heavy atom. The van der Waals surface area contributed by atoms with E-state index < -0.39 is 17.6 Å². The first-order valence-corrected chi connectivity index (χ1v) is 6.54. The van der Waals surface area contributed by atoms with Crippen LogP contribution < -0.4 is 0 Å². The molecule has 0 radical (unpaired) electrons. The summed E-state index contributed by atoms with van der Waals surface area (Å²) < 4.78 is 26.5. The molecule has 0 saturated heterocycles. The molecule has 0 bridgehead atoms. The van der Waals surface area contributed by atoms with Crippen molar-refractivity contribution in [2.75, 3.05) is 0 Å². The topological polar surface area (TPSA) is 50.2 Å². The van der Waals surface area contributed by atoms with Gasteiger partial charge in [0.25, 0.3) is 0 Å². The first-order valence-electron chi connectivity index (χ1n) is 5.73. The van der Waals surface area contributed by atoms with E-state index in [9.17, 15) is 18.7 Å². The molecule has 0 aliphatic carbocycles. The molecule has 0 amide bonds. The molecule has 0 aliphatic heterocycles. The van der Waals surface area contributed by atoms with Gasteiger partial charge in [0.1, 0.15) is 16.7 Å². The van der Waals surface area contributed by atoms with E-state index in [1.807, 2.05) is 0 Å². The van der Waals surface area contributed by atoms with Crippen molar-refractivity contribution < 1.29 is 18.7 Å². The molecule has 2 rings (SSSR count). The van der Waals surface area contributed by atoms with Crippen molar-refractivity contribution in [1.29, 1.82) is 0 Å². The van der Waals surface area contributed by atoms with Crippen molar-refractivity contribution in [1.82, 2.24) is 4.98 Å². The minimum atomic E-state index is -1.12. The maximum Gasteiger partial charge on any atom is 0.338 e. The number of halogens is 2. The maximum atomic E-state index is 13.6. The van der Waals surface area contributed by atoms with Gasteiger partial charge in [-0.05, 0) is 37.6 Å². The average Bonchev–Trinajstić information content (AvgIpc) is 2.31. The standard InChI is InChI=1S/C14H11F2NO2S/c1-7-5-8(2)17-13(12(7)14(18)19)20-11-4-3-9(15)6-10(11)16/h3-6H,1-2H3,(H,18,19). The van der Waals surface area contributed by atoms with Crippen LogP contribution in [0.2, 0.25) is 0 Å². The SMILES string of the molecule is Cc1cc(C)c(C(=O)O)c(Sc2ccc(F)cc2F)n1. The highest BCUT2D eigenvalue weighted by atomic mass is 32.2. The minimum absolute atomic E-state index is 0.0318. The maximum absolute atomic E-state index is 13.6. The van der Waals surface area contributed by atoms with E-state index in [2.05, 4.69) is 4.98 Å². The second-order valence-electron chi connectivity index (χ2n) is 4.24. The van der Waals surface area contributed by atoms with Gasteiger partial charge in [-0.3, -0.25) is 0 Å². The van der Waals surface area contributed by atoms with E-state index in [1.54, 1.807) is 19.9 Å². The lowest BCUT2D eigenvalue weighted by atomic mass is 10.1. The number of carboxylic acids is 1. The zero-order valence-electron chi connectivity index (χ0n) is 10.8. The molecule has 6 heteroatoms. The summed E-state index contributed by atoms with van der Waals surface area (Å²) in [4.78, 5) is 15.5. The van der Waals surface area contributed by atoms with E-state index in [0.717, 1.165) is 23.9 Å². The Balaban J connectivity index is 2.50. The van der Waals surface area contributed by atoms with E-state index in [1.165, 1.54) is 6.07 Å². The zero-order valence-corrected chi connectivity index (χ0v) is 11.6. The highest BCUT2D eigenvalue weighted by Gasteiger charge is 2.18. The van der Waals surface area contributed by atoms with Gasteiger partial charge in [-0.15, -0.1) is 0 Å². The second kappa shape index (κ2) is 5.58. The number of hydrogen-bond donors (Lipinski definition) is 1. The first-order chi connectivity index (χ1) is 9.38. The number of benzene rings is 1. The predicted molar refractivity (Wildman–Crippen MR) is 71.2 cm³/mol. The lowest BCUT2D eigenvalue weighted by Crippen LogP contribution is -2.05. The van der Waals surface area contributed by atoms with Gasteiger partial charge in [0, 0.05) is 16.7 Å². The summed E-state index contributed by atoms with van der Waals surface area (Å²) in [5, 5.41) is 9.42. The molecule has 1 heterocycles. The molecular weight excluding hydrogens is 284 g/mol. The van der Waals surface area contributed by atoms with Crippen molar-refractivity contribution in [2.45, 2.75) is 23.8 Å². The van der Waals surface area contributed by atoms with Crippen LogP contribution in [-0.4, -0.2) is 16.1 Å². The highest BCUT2D eigenvalue weighted by molar-refractivity contribution is 7.99. The third kappa shape index (κ3) is 2.96. The summed E-state index contributed by atoms with van der Waals surface area (Å²) in [5.41, 5.74) is 1.22. The molecule has 104 valence electrons. The minimum Gasteiger partial charge on any atom is -0.478 e. The largest absolute Gasteiger partial charge is 0.478 e. The van der Waals surface area contributed by atoms with Gasteiger partial charge in [-0.1, -0.05) is 11.8 Å². The van der Waals surface area contributed by atoms with Gasteiger partial charge in [0.05, 0.1) is 5.56 Å². The van der Waals surface area contributed by atoms with E-state index >= 15 is 0 Å². The number of carboxylic acid groups (broad SMARTS) is 1. The molecule has 20 heavy (non-hydrogen) atoms. The summed E-state index contributed by atoms with van der Waals surface area (Å²) in [5.74, 6) is -2.55. The van der Waals surface area contributed by atoms with Crippen LogP contribution in [-0.2, 0) is 0 Å². The predicted octanol–water partition coefficient (Wildman–Crippen LogP) is 3.83. The second-order valence-corrected chi connectivity index (χ2v) is 5.27. The number of carbonyl (C=O) groups is 1. The molecule has 2 aromatic rings. The summed E-state index contributed by atoms with van der Waals surface area (Å²) >= 11 is 0.873.